The van der Waals surface area contributed by atoms with Crippen LogP contribution in [0.15, 0.2) is 35.1 Å². The van der Waals surface area contributed by atoms with E-state index in [1.807, 2.05) is 37.3 Å². The zero-order valence-corrected chi connectivity index (χ0v) is 18.1. The maximum Gasteiger partial charge on any atom is 0.295 e. The lowest BCUT2D eigenvalue weighted by molar-refractivity contribution is -0.113. The number of anilines is 1. The van der Waals surface area contributed by atoms with Crippen molar-refractivity contribution in [2.45, 2.75) is 26.7 Å². The Bertz CT molecular complexity index is 912. The second-order valence-electron chi connectivity index (χ2n) is 7.21. The number of aromatic nitrogens is 2. The van der Waals surface area contributed by atoms with Gasteiger partial charge in [0.1, 0.15) is 10.0 Å². The van der Waals surface area contributed by atoms with Crippen LogP contribution >= 0.6 is 24.0 Å². The predicted octanol–water partition coefficient (Wildman–Crippen LogP) is 3.17. The van der Waals surface area contributed by atoms with Crippen LogP contribution in [0.3, 0.4) is 0 Å². The largest absolute Gasteiger partial charge is 0.357 e. The molecule has 2 heterocycles. The quantitative estimate of drug-likeness (QED) is 0.773. The van der Waals surface area contributed by atoms with Crippen molar-refractivity contribution in [2.75, 3.05) is 24.2 Å². The van der Waals surface area contributed by atoms with Crippen molar-refractivity contribution in [3.05, 3.63) is 46.4 Å². The maximum atomic E-state index is 12.8. The molecule has 1 N–H and O–H groups in total. The first-order chi connectivity index (χ1) is 13.4. The molecule has 2 aromatic rings. The normalized spacial score (nSPS) is 14.9. The Morgan fingerprint density at radius 2 is 1.89 bits per heavy atom. The number of thioether (sulfide) groups is 1. The molecule has 6 nitrogen and oxygen atoms in total. The van der Waals surface area contributed by atoms with Crippen LogP contribution in [-0.4, -0.2) is 43.3 Å². The summed E-state index contributed by atoms with van der Waals surface area (Å²) in [6.45, 7) is 5.98. The van der Waals surface area contributed by atoms with Gasteiger partial charge in [0.2, 0.25) is 5.91 Å². The van der Waals surface area contributed by atoms with Gasteiger partial charge in [-0.25, -0.2) is 4.68 Å². The van der Waals surface area contributed by atoms with Crippen molar-refractivity contribution in [3.63, 3.8) is 0 Å². The smallest absolute Gasteiger partial charge is 0.295 e. The van der Waals surface area contributed by atoms with Crippen LogP contribution in [0.5, 0.6) is 0 Å². The Morgan fingerprint density at radius 1 is 1.25 bits per heavy atom. The Labute approximate surface area is 174 Å². The molecule has 0 spiro atoms. The molecule has 3 rings (SSSR count). The Hall–Kier alpha value is -2.06. The van der Waals surface area contributed by atoms with Gasteiger partial charge in [0.25, 0.3) is 5.56 Å². The molecule has 0 aliphatic carbocycles. The van der Waals surface area contributed by atoms with Crippen molar-refractivity contribution in [3.8, 4) is 5.69 Å². The van der Waals surface area contributed by atoms with Gasteiger partial charge in [0.15, 0.2) is 0 Å². The molecule has 0 saturated carbocycles. The lowest BCUT2D eigenvalue weighted by atomic mass is 10.00. The summed E-state index contributed by atoms with van der Waals surface area (Å²) in [5.41, 5.74) is 1.54. The van der Waals surface area contributed by atoms with Crippen LogP contribution in [0.1, 0.15) is 25.5 Å². The van der Waals surface area contributed by atoms with E-state index in [9.17, 15) is 9.59 Å². The number of para-hydroxylation sites is 1. The summed E-state index contributed by atoms with van der Waals surface area (Å²) in [6, 6.07) is 9.37. The predicted molar refractivity (Wildman–Crippen MR) is 119 cm³/mol. The van der Waals surface area contributed by atoms with Gasteiger partial charge in [-0.3, -0.25) is 14.3 Å². The molecule has 8 heteroatoms. The van der Waals surface area contributed by atoms with E-state index in [0.717, 1.165) is 41.9 Å². The minimum Gasteiger partial charge on any atom is -0.357 e. The van der Waals surface area contributed by atoms with Gasteiger partial charge in [-0.15, -0.1) is 0 Å². The molecule has 150 valence electrons. The van der Waals surface area contributed by atoms with E-state index in [-0.39, 0.29) is 17.2 Å². The second-order valence-corrected chi connectivity index (χ2v) is 8.82. The van der Waals surface area contributed by atoms with Crippen LogP contribution in [0.4, 0.5) is 5.69 Å². The topological polar surface area (TPSA) is 59.3 Å². The fourth-order valence-corrected chi connectivity index (χ4v) is 4.35. The molecule has 1 aliphatic rings. The molecule has 28 heavy (non-hydrogen) atoms. The number of piperidine rings is 1. The van der Waals surface area contributed by atoms with Crippen LogP contribution in [0, 0.1) is 12.8 Å². The Balaban J connectivity index is 1.65. The molecule has 1 saturated heterocycles. The highest BCUT2D eigenvalue weighted by Gasteiger charge is 2.21. The Kier molecular flexibility index (Phi) is 6.61. The van der Waals surface area contributed by atoms with Gasteiger partial charge in [0, 0.05) is 20.1 Å². The SMILES string of the molecule is Cc1c(NC(=O)CSC(=S)N2CCC(C)CC2)c(=O)n(-c2ccccc2)n1C. The number of amides is 1. The first-order valence-corrected chi connectivity index (χ1v) is 10.8. The molecule has 1 aromatic heterocycles. The van der Waals surface area contributed by atoms with Crippen LogP contribution in [0.2, 0.25) is 0 Å². The molecule has 0 bridgehead atoms. The lowest BCUT2D eigenvalue weighted by Gasteiger charge is -2.31. The highest BCUT2D eigenvalue weighted by Crippen LogP contribution is 2.20. The average Bonchev–Trinajstić information content (AvgIpc) is 2.90. The van der Waals surface area contributed by atoms with Gasteiger partial charge in [0.05, 0.1) is 17.1 Å². The standard InChI is InChI=1S/C20H26N4O2S2/c1-14-9-11-23(12-10-14)20(27)28-13-17(25)21-18-15(2)22(3)24(19(18)26)16-7-5-4-6-8-16/h4-8,14H,9-13H2,1-3H3,(H,21,25). The van der Waals surface area contributed by atoms with Crippen molar-refractivity contribution < 1.29 is 4.79 Å². The zero-order chi connectivity index (χ0) is 20.3. The summed E-state index contributed by atoms with van der Waals surface area (Å²) in [5.74, 6) is 0.716. The summed E-state index contributed by atoms with van der Waals surface area (Å²) in [4.78, 5) is 27.5. The van der Waals surface area contributed by atoms with E-state index in [2.05, 4.69) is 17.1 Å². The van der Waals surface area contributed by atoms with E-state index >= 15 is 0 Å². The van der Waals surface area contributed by atoms with Crippen molar-refractivity contribution in [1.29, 1.82) is 0 Å². The van der Waals surface area contributed by atoms with Crippen LogP contribution < -0.4 is 10.9 Å². The van der Waals surface area contributed by atoms with Crippen molar-refractivity contribution in [2.24, 2.45) is 13.0 Å². The number of carbonyl (C=O) groups is 1. The van der Waals surface area contributed by atoms with Gasteiger partial charge in [-0.1, -0.05) is 49.1 Å². The van der Waals surface area contributed by atoms with E-state index < -0.39 is 0 Å². The number of likely N-dealkylation sites (tertiary alicyclic amines) is 1. The monoisotopic (exact) mass is 418 g/mol. The summed E-state index contributed by atoms with van der Waals surface area (Å²) in [6.07, 6.45) is 2.27. The lowest BCUT2D eigenvalue weighted by Crippen LogP contribution is -2.36. The number of hydrogen-bond donors (Lipinski definition) is 1. The average molecular weight is 419 g/mol. The van der Waals surface area contributed by atoms with E-state index in [0.29, 0.717) is 11.4 Å². The summed E-state index contributed by atoms with van der Waals surface area (Å²) < 4.78 is 4.06. The number of rotatable bonds is 4. The third-order valence-corrected chi connectivity index (χ3v) is 6.71. The van der Waals surface area contributed by atoms with E-state index in [1.54, 1.807) is 16.4 Å². The number of thiocarbonyl (C=S) groups is 1. The summed E-state index contributed by atoms with van der Waals surface area (Å²) in [5, 5.41) is 2.78. The molecular formula is C20H26N4O2S2. The second kappa shape index (κ2) is 8.96. The van der Waals surface area contributed by atoms with E-state index in [1.165, 1.54) is 11.8 Å². The molecule has 0 atom stereocenters. The number of nitrogens with zero attached hydrogens (tertiary/aromatic N) is 3. The molecular weight excluding hydrogens is 392 g/mol. The first-order valence-electron chi connectivity index (χ1n) is 9.44. The van der Waals surface area contributed by atoms with Gasteiger partial charge in [-0.2, -0.15) is 0 Å². The van der Waals surface area contributed by atoms with Gasteiger partial charge < -0.3 is 10.2 Å². The number of benzene rings is 1. The molecule has 1 amide bonds. The van der Waals surface area contributed by atoms with Crippen LogP contribution in [0.25, 0.3) is 5.69 Å². The van der Waals surface area contributed by atoms with E-state index in [4.69, 9.17) is 12.2 Å². The zero-order valence-electron chi connectivity index (χ0n) is 16.5. The molecule has 0 unspecified atom stereocenters. The fourth-order valence-electron chi connectivity index (χ4n) is 3.30. The third kappa shape index (κ3) is 4.50. The van der Waals surface area contributed by atoms with Crippen molar-refractivity contribution in [1.82, 2.24) is 14.3 Å². The first kappa shape index (κ1) is 20.7. The van der Waals surface area contributed by atoms with Crippen molar-refractivity contribution >= 4 is 39.9 Å². The number of carbonyl (C=O) groups excluding carboxylic acids is 1. The molecule has 1 aliphatic heterocycles. The highest BCUT2D eigenvalue weighted by molar-refractivity contribution is 8.23. The minimum absolute atomic E-state index is 0.198. The maximum absolute atomic E-state index is 12.8. The number of nitrogens with one attached hydrogen (secondary N) is 1. The minimum atomic E-state index is -0.239. The van der Waals surface area contributed by atoms with Gasteiger partial charge >= 0.3 is 0 Å². The molecule has 1 aromatic carbocycles. The third-order valence-electron chi connectivity index (χ3n) is 5.19. The van der Waals surface area contributed by atoms with Crippen LogP contribution in [-0.2, 0) is 11.8 Å². The fraction of sp³-hybridized carbons (Fsp3) is 0.450. The summed E-state index contributed by atoms with van der Waals surface area (Å²) in [7, 11) is 1.81. The molecule has 1 fully saturated rings. The highest BCUT2D eigenvalue weighted by atomic mass is 32.2. The Morgan fingerprint density at radius 3 is 2.54 bits per heavy atom. The molecule has 0 radical (unpaired) electrons. The summed E-state index contributed by atoms with van der Waals surface area (Å²) >= 11 is 6.84. The van der Waals surface area contributed by atoms with Gasteiger partial charge in [-0.05, 0) is 37.8 Å². The number of hydrogen-bond acceptors (Lipinski definition) is 4.